The minimum Gasteiger partial charge on any atom is -0.393 e. The van der Waals surface area contributed by atoms with Gasteiger partial charge in [-0.15, -0.1) is 0 Å². The van der Waals surface area contributed by atoms with Crippen molar-refractivity contribution in [3.63, 3.8) is 0 Å². The number of Topliss-reactive ketones (excluding diaryl/α,β-unsaturated/α-hetero) is 5. The van der Waals surface area contributed by atoms with Gasteiger partial charge in [0, 0.05) is 6.92 Å². The summed E-state index contributed by atoms with van der Waals surface area (Å²) in [5.41, 5.74) is -20.9. The van der Waals surface area contributed by atoms with Gasteiger partial charge in [-0.25, -0.2) is 8.42 Å². The summed E-state index contributed by atoms with van der Waals surface area (Å²) in [6, 6.07) is 0. The maximum Gasteiger partial charge on any atom is 0.500 e. The second-order valence-corrected chi connectivity index (χ2v) is 8.65. The van der Waals surface area contributed by atoms with E-state index in [0.717, 1.165) is 0 Å². The maximum atomic E-state index is 13.3. The summed E-state index contributed by atoms with van der Waals surface area (Å²) in [6.45, 7) is -1.67. The van der Waals surface area contributed by atoms with Crippen molar-refractivity contribution in [3.8, 4) is 0 Å². The summed E-state index contributed by atoms with van der Waals surface area (Å²) in [6.07, 6.45) is 0. The fourth-order valence-electron chi connectivity index (χ4n) is 2.95. The summed E-state index contributed by atoms with van der Waals surface area (Å²) in [4.78, 5) is 54.3. The second-order valence-electron chi connectivity index (χ2n) is 6.59. The van der Waals surface area contributed by atoms with Crippen molar-refractivity contribution in [2.45, 2.75) is 54.9 Å². The average molecular weight is 480 g/mol. The van der Waals surface area contributed by atoms with Gasteiger partial charge in [-0.2, -0.15) is 13.2 Å². The molecule has 0 fully saturated rings. The lowest BCUT2D eigenvalue weighted by molar-refractivity contribution is -0.257. The number of aliphatic hydroxyl groups excluding tert-OH is 1. The molecule has 0 aromatic rings. The van der Waals surface area contributed by atoms with Crippen LogP contribution in [0.2, 0.25) is 0 Å². The highest BCUT2D eigenvalue weighted by molar-refractivity contribution is 7.94. The van der Waals surface area contributed by atoms with Crippen LogP contribution in [0.3, 0.4) is 0 Å². The quantitative estimate of drug-likeness (QED) is 0.194. The number of carbonyl (C=O) groups is 5. The molecule has 0 saturated carbocycles. The molecule has 31 heavy (non-hydrogen) atoms. The number of rotatable bonds is 10. The Kier molecular flexibility index (Phi) is 7.55. The Bertz CT molecular complexity index is 941. The van der Waals surface area contributed by atoms with Gasteiger partial charge in [-0.05, 0) is 20.8 Å². The molecule has 0 spiro atoms. The van der Waals surface area contributed by atoms with Crippen LogP contribution in [0.25, 0.3) is 0 Å². The third-order valence-electron chi connectivity index (χ3n) is 4.76. The van der Waals surface area contributed by atoms with Crippen LogP contribution in [-0.2, 0) is 33.8 Å². The molecule has 178 valence electrons. The minimum atomic E-state index is -7.60. The van der Waals surface area contributed by atoms with Gasteiger partial charge in [-0.1, -0.05) is 0 Å². The van der Waals surface area contributed by atoms with E-state index in [0.29, 0.717) is 0 Å². The lowest BCUT2D eigenvalue weighted by Gasteiger charge is -2.52. The lowest BCUT2D eigenvalue weighted by atomic mass is 9.62. The van der Waals surface area contributed by atoms with E-state index in [1.54, 1.807) is 0 Å². The van der Waals surface area contributed by atoms with Crippen molar-refractivity contribution in [1.29, 1.82) is 0 Å². The van der Waals surface area contributed by atoms with Crippen molar-refractivity contribution in [3.05, 3.63) is 0 Å². The SMILES string of the molecule is CC(=O)C(=O)[C@@](O)([C@](O)(C(C)=O)[C@@](O)(C(C)=O)[C@](O)(CO)C(C)=O)S(=O)(=O)C(F)(F)F. The number of ketones is 5. The molecule has 0 heterocycles. The molecule has 16 heteroatoms. The van der Waals surface area contributed by atoms with Crippen LogP contribution in [0.1, 0.15) is 27.7 Å². The summed E-state index contributed by atoms with van der Waals surface area (Å²) < 4.78 is 64.1. The number of hydrogen-bond donors (Lipinski definition) is 5. The molecule has 0 bridgehead atoms. The summed E-state index contributed by atoms with van der Waals surface area (Å²) in [5, 5.41) is 51.7. The van der Waals surface area contributed by atoms with Crippen LogP contribution in [-0.4, -0.2) is 96.7 Å². The molecule has 0 aromatic heterocycles. The zero-order valence-corrected chi connectivity index (χ0v) is 17.2. The van der Waals surface area contributed by atoms with E-state index in [1.807, 2.05) is 0 Å². The van der Waals surface area contributed by atoms with Gasteiger partial charge >= 0.3 is 5.51 Å². The zero-order chi connectivity index (χ0) is 25.6. The molecule has 0 aromatic carbocycles. The molecule has 0 aliphatic carbocycles. The summed E-state index contributed by atoms with van der Waals surface area (Å²) in [7, 11) is -7.60. The van der Waals surface area contributed by atoms with E-state index < -0.39 is 72.6 Å². The van der Waals surface area contributed by atoms with Gasteiger partial charge in [0.1, 0.15) is 0 Å². The van der Waals surface area contributed by atoms with E-state index >= 15 is 0 Å². The van der Waals surface area contributed by atoms with Gasteiger partial charge in [0.25, 0.3) is 14.8 Å². The summed E-state index contributed by atoms with van der Waals surface area (Å²) in [5.74, 6) is -11.9. The van der Waals surface area contributed by atoms with Crippen LogP contribution in [0.15, 0.2) is 0 Å². The van der Waals surface area contributed by atoms with E-state index in [1.165, 1.54) is 0 Å². The number of carbonyl (C=O) groups excluding carboxylic acids is 5. The van der Waals surface area contributed by atoms with E-state index in [2.05, 4.69) is 0 Å². The van der Waals surface area contributed by atoms with Crippen LogP contribution in [0.4, 0.5) is 13.2 Å². The molecule has 0 radical (unpaired) electrons. The smallest absolute Gasteiger partial charge is 0.393 e. The highest BCUT2D eigenvalue weighted by Crippen LogP contribution is 2.48. The molecule has 0 unspecified atom stereocenters. The number of aliphatic hydroxyl groups is 5. The molecule has 0 aliphatic rings. The third kappa shape index (κ3) is 3.42. The van der Waals surface area contributed by atoms with Crippen molar-refractivity contribution >= 4 is 38.8 Å². The normalized spacial score (nSPS) is 20.4. The fourth-order valence-corrected chi connectivity index (χ4v) is 4.35. The standard InChI is InChI=1S/C15H19F3O12S/c1-6(20)10(24)14(28,31(29,30)15(16,17)18)13(27,9(4)23)12(26,8(3)22)11(25,5-19)7(2)21/h19,25-28H,5H2,1-4H3/t11-,12+,13-,14-/m0/s1. The second kappa shape index (κ2) is 8.10. The number of halogens is 3. The molecule has 0 aliphatic heterocycles. The Hall–Kier alpha value is -2.11. The van der Waals surface area contributed by atoms with Gasteiger partial charge in [-0.3, -0.25) is 24.0 Å². The van der Waals surface area contributed by atoms with Crippen molar-refractivity contribution in [2.24, 2.45) is 0 Å². The Balaban J connectivity index is 8.24. The van der Waals surface area contributed by atoms with Crippen molar-refractivity contribution in [1.82, 2.24) is 0 Å². The molecular formula is C15H19F3O12S. The molecule has 12 nitrogen and oxygen atoms in total. The first-order chi connectivity index (χ1) is 13.5. The first kappa shape index (κ1) is 28.9. The Labute approximate surface area is 172 Å². The van der Waals surface area contributed by atoms with E-state index in [9.17, 15) is 71.1 Å². The largest absolute Gasteiger partial charge is 0.500 e. The fraction of sp³-hybridized carbons (Fsp3) is 0.667. The minimum absolute atomic E-state index is 0.0316. The van der Waals surface area contributed by atoms with Crippen molar-refractivity contribution < 1.29 is 71.1 Å². The van der Waals surface area contributed by atoms with Gasteiger partial charge < -0.3 is 25.5 Å². The van der Waals surface area contributed by atoms with Gasteiger partial charge in [0.2, 0.25) is 17.0 Å². The number of hydrogen-bond acceptors (Lipinski definition) is 12. The highest BCUT2D eigenvalue weighted by Gasteiger charge is 2.84. The average Bonchev–Trinajstić information content (AvgIpc) is 2.62. The van der Waals surface area contributed by atoms with Crippen LogP contribution in [0, 0.1) is 0 Å². The maximum absolute atomic E-state index is 13.3. The predicted octanol–water partition coefficient (Wildman–Crippen LogP) is -3.28. The first-order valence-corrected chi connectivity index (χ1v) is 9.38. The van der Waals surface area contributed by atoms with Gasteiger partial charge in [0.05, 0.1) is 6.61 Å². The first-order valence-electron chi connectivity index (χ1n) is 7.89. The molecule has 0 saturated heterocycles. The molecule has 0 amide bonds. The number of sulfone groups is 1. The third-order valence-corrected chi connectivity index (χ3v) is 6.63. The Morgan fingerprint density at radius 1 is 0.742 bits per heavy atom. The summed E-state index contributed by atoms with van der Waals surface area (Å²) >= 11 is 0. The van der Waals surface area contributed by atoms with Crippen LogP contribution < -0.4 is 0 Å². The zero-order valence-electron chi connectivity index (χ0n) is 16.3. The van der Waals surface area contributed by atoms with E-state index in [4.69, 9.17) is 0 Å². The Morgan fingerprint density at radius 2 is 1.10 bits per heavy atom. The van der Waals surface area contributed by atoms with E-state index in [-0.39, 0.29) is 27.7 Å². The number of alkyl halides is 3. The molecular weight excluding hydrogens is 461 g/mol. The molecule has 5 N–H and O–H groups in total. The van der Waals surface area contributed by atoms with Crippen LogP contribution in [0.5, 0.6) is 0 Å². The molecule has 4 atom stereocenters. The van der Waals surface area contributed by atoms with Crippen molar-refractivity contribution in [2.75, 3.05) is 6.61 Å². The predicted molar refractivity (Wildman–Crippen MR) is 89.6 cm³/mol. The highest BCUT2D eigenvalue weighted by atomic mass is 32.2. The Morgan fingerprint density at radius 3 is 1.29 bits per heavy atom. The van der Waals surface area contributed by atoms with Gasteiger partial charge in [0.15, 0.2) is 28.7 Å². The monoisotopic (exact) mass is 480 g/mol. The lowest BCUT2D eigenvalue weighted by Crippen LogP contribution is -2.86. The van der Waals surface area contributed by atoms with Crippen LogP contribution >= 0.6 is 0 Å². The topological polar surface area (TPSA) is 221 Å². The molecule has 0 rings (SSSR count).